The number of allylic oxidation sites excluding steroid dienone is 1. The van der Waals surface area contributed by atoms with Crippen molar-refractivity contribution in [3.8, 4) is 0 Å². The highest BCUT2D eigenvalue weighted by Gasteiger charge is 2.33. The van der Waals surface area contributed by atoms with Crippen molar-refractivity contribution in [2.75, 3.05) is 0 Å². The molecule has 2 aromatic rings. The number of halogens is 2. The molecule has 2 aliphatic carbocycles. The fraction of sp³-hybridized carbons (Fsp3) is 0.250. The van der Waals surface area contributed by atoms with Crippen LogP contribution >= 0.6 is 31.9 Å². The molecule has 90 valence electrons. The molecule has 0 saturated heterocycles. The molecular weight excluding hydrogens is 352 g/mol. The maximum Gasteiger partial charge on any atom is 0.0523 e. The van der Waals surface area contributed by atoms with E-state index in [0.717, 1.165) is 0 Å². The summed E-state index contributed by atoms with van der Waals surface area (Å²) >= 11 is 7.65. The van der Waals surface area contributed by atoms with Crippen LogP contribution in [-0.2, 0) is 0 Å². The van der Waals surface area contributed by atoms with Gasteiger partial charge in [-0.25, -0.2) is 0 Å². The average molecular weight is 364 g/mol. The smallest absolute Gasteiger partial charge is 0.0523 e. The van der Waals surface area contributed by atoms with Crippen LogP contribution in [0.4, 0.5) is 0 Å². The van der Waals surface area contributed by atoms with Crippen molar-refractivity contribution >= 4 is 48.7 Å². The Morgan fingerprint density at radius 3 is 2.83 bits per heavy atom. The van der Waals surface area contributed by atoms with Crippen LogP contribution < -0.4 is 0 Å². The van der Waals surface area contributed by atoms with Gasteiger partial charge in [-0.2, -0.15) is 0 Å². The van der Waals surface area contributed by atoms with Gasteiger partial charge in [0.2, 0.25) is 0 Å². The maximum absolute atomic E-state index is 3.84. The van der Waals surface area contributed by atoms with Gasteiger partial charge in [0.15, 0.2) is 0 Å². The Balaban J connectivity index is 2.14. The van der Waals surface area contributed by atoms with Crippen molar-refractivity contribution in [2.24, 2.45) is 0 Å². The molecule has 2 aliphatic rings. The molecule has 4 rings (SSSR count). The molecule has 0 fully saturated rings. The number of alkyl halides is 2. The highest BCUT2D eigenvalue weighted by atomic mass is 79.9. The lowest BCUT2D eigenvalue weighted by Gasteiger charge is -2.34. The van der Waals surface area contributed by atoms with Crippen LogP contribution in [-0.4, -0.2) is 4.83 Å². The van der Waals surface area contributed by atoms with Crippen LogP contribution in [0.2, 0.25) is 0 Å². The Morgan fingerprint density at radius 2 is 1.94 bits per heavy atom. The van der Waals surface area contributed by atoms with Crippen molar-refractivity contribution in [3.63, 3.8) is 0 Å². The summed E-state index contributed by atoms with van der Waals surface area (Å²) in [7, 11) is 0. The molecule has 0 aromatic heterocycles. The van der Waals surface area contributed by atoms with E-state index in [2.05, 4.69) is 74.3 Å². The highest BCUT2D eigenvalue weighted by Crippen LogP contribution is 2.50. The van der Waals surface area contributed by atoms with Crippen LogP contribution in [0.15, 0.2) is 36.4 Å². The largest absolute Gasteiger partial charge is 0.0874 e. The second-order valence-electron chi connectivity index (χ2n) is 5.13. The topological polar surface area (TPSA) is 0 Å². The summed E-state index contributed by atoms with van der Waals surface area (Å²) in [6.07, 6.45) is 5.83. The minimum absolute atomic E-state index is 0.424. The first-order valence-corrected chi connectivity index (χ1v) is 8.11. The summed E-state index contributed by atoms with van der Waals surface area (Å²) in [4.78, 5) is 0.940. The van der Waals surface area contributed by atoms with E-state index < -0.39 is 0 Å². The van der Waals surface area contributed by atoms with Gasteiger partial charge >= 0.3 is 0 Å². The summed E-state index contributed by atoms with van der Waals surface area (Å²) in [5.74, 6) is 0.566. The second-order valence-corrected chi connectivity index (χ2v) is 7.30. The first-order chi connectivity index (χ1) is 8.75. The van der Waals surface area contributed by atoms with Crippen molar-refractivity contribution in [1.82, 2.24) is 0 Å². The zero-order valence-corrected chi connectivity index (χ0v) is 12.9. The van der Waals surface area contributed by atoms with E-state index in [1.807, 2.05) is 0 Å². The fourth-order valence-corrected chi connectivity index (χ4v) is 4.60. The number of rotatable bonds is 0. The van der Waals surface area contributed by atoms with Gasteiger partial charge in [0.05, 0.1) is 4.83 Å². The van der Waals surface area contributed by atoms with Gasteiger partial charge in [0.1, 0.15) is 0 Å². The Bertz CT molecular complexity index is 672. The quantitative estimate of drug-likeness (QED) is 0.538. The third-order valence-corrected chi connectivity index (χ3v) is 6.87. The number of hydrogen-bond acceptors (Lipinski definition) is 0. The van der Waals surface area contributed by atoms with Crippen LogP contribution in [0.25, 0.3) is 16.8 Å². The summed E-state index contributed by atoms with van der Waals surface area (Å²) < 4.78 is 0. The lowest BCUT2D eigenvalue weighted by atomic mass is 9.76. The molecule has 18 heavy (non-hydrogen) atoms. The molecule has 0 nitrogen and oxygen atoms in total. The number of benzene rings is 2. The van der Waals surface area contributed by atoms with E-state index in [-0.39, 0.29) is 0 Å². The molecule has 2 heteroatoms. The molecule has 0 aliphatic heterocycles. The molecule has 0 saturated carbocycles. The monoisotopic (exact) mass is 362 g/mol. The minimum Gasteiger partial charge on any atom is -0.0874 e. The molecule has 3 atom stereocenters. The first kappa shape index (κ1) is 11.2. The van der Waals surface area contributed by atoms with Crippen LogP contribution in [0.3, 0.4) is 0 Å². The molecule has 0 heterocycles. The first-order valence-electron chi connectivity index (χ1n) is 6.27. The highest BCUT2D eigenvalue weighted by molar-refractivity contribution is 9.12. The van der Waals surface area contributed by atoms with Crippen LogP contribution in [0.1, 0.15) is 33.9 Å². The summed E-state index contributed by atoms with van der Waals surface area (Å²) in [6.45, 7) is 0. The predicted molar refractivity (Wildman–Crippen MR) is 84.7 cm³/mol. The Labute approximate surface area is 123 Å². The van der Waals surface area contributed by atoms with Crippen LogP contribution in [0, 0.1) is 0 Å². The van der Waals surface area contributed by atoms with E-state index in [4.69, 9.17) is 0 Å². The minimum atomic E-state index is 0.424. The molecule has 0 amide bonds. The average Bonchev–Trinajstić information content (AvgIpc) is 2.40. The lowest BCUT2D eigenvalue weighted by molar-refractivity contribution is 0.652. The Kier molecular flexibility index (Phi) is 2.46. The molecular formula is C16H12Br2. The molecule has 3 unspecified atom stereocenters. The number of hydrogen-bond donors (Lipinski definition) is 0. The zero-order chi connectivity index (χ0) is 12.3. The molecule has 0 bridgehead atoms. The van der Waals surface area contributed by atoms with Crippen molar-refractivity contribution in [1.29, 1.82) is 0 Å². The second kappa shape index (κ2) is 3.94. The third kappa shape index (κ3) is 1.42. The lowest BCUT2D eigenvalue weighted by Crippen LogP contribution is -2.21. The molecule has 0 spiro atoms. The maximum atomic E-state index is 3.84. The Morgan fingerprint density at radius 1 is 1.06 bits per heavy atom. The van der Waals surface area contributed by atoms with E-state index >= 15 is 0 Å². The van der Waals surface area contributed by atoms with Crippen molar-refractivity contribution in [2.45, 2.75) is 22.0 Å². The summed E-state index contributed by atoms with van der Waals surface area (Å²) in [5.41, 5.74) is 4.37. The van der Waals surface area contributed by atoms with E-state index in [9.17, 15) is 0 Å². The normalized spacial score (nSPS) is 28.7. The van der Waals surface area contributed by atoms with Gasteiger partial charge in [-0.15, -0.1) is 0 Å². The predicted octanol–water partition coefficient (Wildman–Crippen LogP) is 5.55. The van der Waals surface area contributed by atoms with Gasteiger partial charge in [0, 0.05) is 10.7 Å². The van der Waals surface area contributed by atoms with Gasteiger partial charge in [0.25, 0.3) is 0 Å². The molecule has 0 radical (unpaired) electrons. The van der Waals surface area contributed by atoms with Gasteiger partial charge < -0.3 is 0 Å². The van der Waals surface area contributed by atoms with Crippen LogP contribution in [0.5, 0.6) is 0 Å². The SMILES string of the molecule is BrC1CC2C=Cc3cccc4ccc(c2c34)C1Br. The summed E-state index contributed by atoms with van der Waals surface area (Å²) in [5, 5.41) is 2.83. The van der Waals surface area contributed by atoms with Gasteiger partial charge in [-0.1, -0.05) is 74.3 Å². The van der Waals surface area contributed by atoms with E-state index in [0.29, 0.717) is 15.6 Å². The van der Waals surface area contributed by atoms with Crippen molar-refractivity contribution in [3.05, 3.63) is 53.1 Å². The Hall–Kier alpha value is -0.600. The van der Waals surface area contributed by atoms with Crippen molar-refractivity contribution < 1.29 is 0 Å². The third-order valence-electron chi connectivity index (χ3n) is 4.12. The molecule has 2 aromatic carbocycles. The van der Waals surface area contributed by atoms with Gasteiger partial charge in [-0.05, 0) is 33.9 Å². The van der Waals surface area contributed by atoms with E-state index in [1.165, 1.54) is 28.3 Å². The van der Waals surface area contributed by atoms with Gasteiger partial charge in [-0.3, -0.25) is 0 Å². The molecule has 0 N–H and O–H groups in total. The zero-order valence-electron chi connectivity index (χ0n) is 9.74. The standard InChI is InChI=1S/C16H12Br2/c17-13-8-11-5-4-9-2-1-3-10-6-7-12(16(13)18)15(11)14(9)10/h1-7,11,13,16H,8H2. The summed E-state index contributed by atoms with van der Waals surface area (Å²) in [6, 6.07) is 11.1. The van der Waals surface area contributed by atoms with E-state index in [1.54, 1.807) is 5.56 Å². The fourth-order valence-electron chi connectivity index (χ4n) is 3.30.